The van der Waals surface area contributed by atoms with Crippen LogP contribution in [0.4, 0.5) is 0 Å². The third-order valence-corrected chi connectivity index (χ3v) is 3.68. The molecule has 94 valence electrons. The van der Waals surface area contributed by atoms with Crippen molar-refractivity contribution in [3.8, 4) is 5.75 Å². The van der Waals surface area contributed by atoms with E-state index in [0.717, 1.165) is 25.4 Å². The molecule has 0 aromatic heterocycles. The summed E-state index contributed by atoms with van der Waals surface area (Å²) in [5.74, 6) is 0.725. The second kappa shape index (κ2) is 4.84. The number of nitrogens with one attached hydrogen (secondary N) is 1. The minimum atomic E-state index is -0.0388. The number of benzene rings is 1. The van der Waals surface area contributed by atoms with Gasteiger partial charge in [0.25, 0.3) is 0 Å². The van der Waals surface area contributed by atoms with Crippen molar-refractivity contribution in [3.05, 3.63) is 28.8 Å². The molecule has 1 fully saturated rings. The molecule has 0 aliphatic carbocycles. The van der Waals surface area contributed by atoms with Gasteiger partial charge < -0.3 is 15.0 Å². The van der Waals surface area contributed by atoms with Gasteiger partial charge in [-0.25, -0.2) is 0 Å². The molecule has 1 heterocycles. The van der Waals surface area contributed by atoms with E-state index in [9.17, 15) is 0 Å². The van der Waals surface area contributed by atoms with Gasteiger partial charge in [-0.3, -0.25) is 0 Å². The van der Waals surface area contributed by atoms with Crippen LogP contribution in [0, 0.1) is 0 Å². The number of piperazine rings is 1. The van der Waals surface area contributed by atoms with Crippen molar-refractivity contribution < 1.29 is 4.74 Å². The van der Waals surface area contributed by atoms with Crippen molar-refractivity contribution >= 4 is 11.6 Å². The van der Waals surface area contributed by atoms with Crippen LogP contribution in [0.25, 0.3) is 0 Å². The molecule has 1 N–H and O–H groups in total. The molecule has 2 rings (SSSR count). The Bertz CT molecular complexity index is 410. The number of rotatable bonds is 2. The highest BCUT2D eigenvalue weighted by molar-refractivity contribution is 6.32. The van der Waals surface area contributed by atoms with Gasteiger partial charge in [-0.15, -0.1) is 0 Å². The van der Waals surface area contributed by atoms with Crippen LogP contribution in [0.5, 0.6) is 5.75 Å². The molecular weight excluding hydrogens is 236 g/mol. The highest BCUT2D eigenvalue weighted by Gasteiger charge is 2.31. The quantitative estimate of drug-likeness (QED) is 0.875. The van der Waals surface area contributed by atoms with Gasteiger partial charge in [0.05, 0.1) is 17.7 Å². The van der Waals surface area contributed by atoms with Gasteiger partial charge in [0.1, 0.15) is 5.75 Å². The Labute approximate surface area is 108 Å². The monoisotopic (exact) mass is 254 g/mol. The molecule has 1 saturated heterocycles. The molecule has 1 aromatic carbocycles. The van der Waals surface area contributed by atoms with Crippen molar-refractivity contribution in [1.82, 2.24) is 10.2 Å². The van der Waals surface area contributed by atoms with Gasteiger partial charge in [0, 0.05) is 19.6 Å². The minimum Gasteiger partial charge on any atom is -0.495 e. The van der Waals surface area contributed by atoms with Crippen molar-refractivity contribution in [2.24, 2.45) is 0 Å². The number of hydrogen-bond acceptors (Lipinski definition) is 3. The summed E-state index contributed by atoms with van der Waals surface area (Å²) < 4.78 is 5.18. The Hall–Kier alpha value is -0.770. The smallest absolute Gasteiger partial charge is 0.137 e. The zero-order valence-electron chi connectivity index (χ0n) is 10.6. The van der Waals surface area contributed by atoms with E-state index in [0.29, 0.717) is 5.02 Å². The summed E-state index contributed by atoms with van der Waals surface area (Å²) in [6.07, 6.45) is 0. The van der Waals surface area contributed by atoms with Crippen LogP contribution < -0.4 is 10.1 Å². The third kappa shape index (κ3) is 2.57. The first-order chi connectivity index (χ1) is 8.05. The molecule has 0 saturated carbocycles. The molecule has 0 spiro atoms. The first-order valence-corrected chi connectivity index (χ1v) is 6.20. The van der Waals surface area contributed by atoms with Gasteiger partial charge in [-0.1, -0.05) is 17.7 Å². The second-order valence-corrected chi connectivity index (χ2v) is 5.25. The molecule has 3 nitrogen and oxygen atoms in total. The predicted molar refractivity (Wildman–Crippen MR) is 70.9 cm³/mol. The standard InChI is InChI=1S/C13H19ClN2O/c1-13(9-16(2)7-6-15-13)10-4-5-12(17-3)11(14)8-10/h4-5,8,15H,6-7,9H2,1-3H3. The lowest BCUT2D eigenvalue weighted by Crippen LogP contribution is -2.55. The van der Waals surface area contributed by atoms with E-state index in [2.05, 4.69) is 30.3 Å². The van der Waals surface area contributed by atoms with Crippen LogP contribution in [0.3, 0.4) is 0 Å². The SMILES string of the molecule is COc1ccc(C2(C)CN(C)CCN2)cc1Cl. The molecule has 0 bridgehead atoms. The van der Waals surface area contributed by atoms with Crippen molar-refractivity contribution in [3.63, 3.8) is 0 Å². The Kier molecular flexibility index (Phi) is 3.61. The average Bonchev–Trinajstić information content (AvgIpc) is 2.28. The van der Waals surface area contributed by atoms with Crippen molar-refractivity contribution in [2.45, 2.75) is 12.5 Å². The molecule has 17 heavy (non-hydrogen) atoms. The number of hydrogen-bond donors (Lipinski definition) is 1. The molecule has 1 aliphatic heterocycles. The van der Waals surface area contributed by atoms with Crippen LogP contribution in [-0.2, 0) is 5.54 Å². The largest absolute Gasteiger partial charge is 0.495 e. The summed E-state index contributed by atoms with van der Waals surface area (Å²) >= 11 is 6.18. The zero-order chi connectivity index (χ0) is 12.5. The topological polar surface area (TPSA) is 24.5 Å². The van der Waals surface area contributed by atoms with E-state index in [-0.39, 0.29) is 5.54 Å². The average molecular weight is 255 g/mol. The summed E-state index contributed by atoms with van der Waals surface area (Å²) in [6, 6.07) is 6.00. The Morgan fingerprint density at radius 2 is 2.24 bits per heavy atom. The van der Waals surface area contributed by atoms with Crippen LogP contribution in [0.1, 0.15) is 12.5 Å². The first-order valence-electron chi connectivity index (χ1n) is 5.83. The number of ether oxygens (including phenoxy) is 1. The fourth-order valence-corrected chi connectivity index (χ4v) is 2.66. The van der Waals surface area contributed by atoms with E-state index < -0.39 is 0 Å². The van der Waals surface area contributed by atoms with Crippen LogP contribution in [0.2, 0.25) is 5.02 Å². The fourth-order valence-electron chi connectivity index (χ4n) is 2.40. The summed E-state index contributed by atoms with van der Waals surface area (Å²) in [5, 5.41) is 4.23. The summed E-state index contributed by atoms with van der Waals surface area (Å²) in [4.78, 5) is 2.33. The Balaban J connectivity index is 2.29. The molecule has 0 amide bonds. The number of halogens is 1. The maximum Gasteiger partial charge on any atom is 0.137 e. The minimum absolute atomic E-state index is 0.0388. The van der Waals surface area contributed by atoms with E-state index in [1.54, 1.807) is 7.11 Å². The van der Waals surface area contributed by atoms with Crippen LogP contribution in [-0.4, -0.2) is 38.7 Å². The van der Waals surface area contributed by atoms with Gasteiger partial charge in [0.2, 0.25) is 0 Å². The lowest BCUT2D eigenvalue weighted by Gasteiger charge is -2.40. The molecule has 1 aromatic rings. The first kappa shape index (κ1) is 12.7. The molecule has 1 unspecified atom stereocenters. The Morgan fingerprint density at radius 1 is 1.47 bits per heavy atom. The lowest BCUT2D eigenvalue weighted by atomic mass is 9.90. The molecule has 1 atom stereocenters. The van der Waals surface area contributed by atoms with Crippen LogP contribution >= 0.6 is 11.6 Å². The summed E-state index contributed by atoms with van der Waals surface area (Å²) in [7, 11) is 3.78. The van der Waals surface area contributed by atoms with Gasteiger partial charge in [0.15, 0.2) is 0 Å². The fraction of sp³-hybridized carbons (Fsp3) is 0.538. The maximum atomic E-state index is 6.18. The van der Waals surface area contributed by atoms with E-state index in [1.807, 2.05) is 12.1 Å². The summed E-state index contributed by atoms with van der Waals surface area (Å²) in [6.45, 7) is 5.27. The number of likely N-dealkylation sites (N-methyl/N-ethyl adjacent to an activating group) is 1. The molecule has 4 heteroatoms. The molecule has 1 aliphatic rings. The van der Waals surface area contributed by atoms with Gasteiger partial charge in [-0.2, -0.15) is 0 Å². The van der Waals surface area contributed by atoms with Gasteiger partial charge in [-0.05, 0) is 31.7 Å². The summed E-state index contributed by atoms with van der Waals surface area (Å²) in [5.41, 5.74) is 1.16. The van der Waals surface area contributed by atoms with Crippen LogP contribution in [0.15, 0.2) is 18.2 Å². The molecular formula is C13H19ClN2O. The van der Waals surface area contributed by atoms with E-state index >= 15 is 0 Å². The highest BCUT2D eigenvalue weighted by Crippen LogP contribution is 2.31. The zero-order valence-corrected chi connectivity index (χ0v) is 11.3. The highest BCUT2D eigenvalue weighted by atomic mass is 35.5. The third-order valence-electron chi connectivity index (χ3n) is 3.38. The maximum absolute atomic E-state index is 6.18. The lowest BCUT2D eigenvalue weighted by molar-refractivity contribution is 0.171. The van der Waals surface area contributed by atoms with Gasteiger partial charge >= 0.3 is 0 Å². The van der Waals surface area contributed by atoms with Crippen molar-refractivity contribution in [2.75, 3.05) is 33.8 Å². The normalized spacial score (nSPS) is 25.9. The van der Waals surface area contributed by atoms with E-state index in [1.165, 1.54) is 5.56 Å². The Morgan fingerprint density at radius 3 is 2.82 bits per heavy atom. The predicted octanol–water partition coefficient (Wildman–Crippen LogP) is 2.10. The van der Waals surface area contributed by atoms with E-state index in [4.69, 9.17) is 16.3 Å². The number of methoxy groups -OCH3 is 1. The number of nitrogens with zero attached hydrogens (tertiary/aromatic N) is 1. The van der Waals surface area contributed by atoms with Crippen molar-refractivity contribution in [1.29, 1.82) is 0 Å². The second-order valence-electron chi connectivity index (χ2n) is 4.85. The molecule has 0 radical (unpaired) electrons.